The van der Waals surface area contributed by atoms with E-state index >= 15 is 0 Å². The molecule has 0 aliphatic carbocycles. The number of thioether (sulfide) groups is 1. The second kappa shape index (κ2) is 7.36. The van der Waals surface area contributed by atoms with E-state index in [1.54, 1.807) is 39.4 Å². The van der Waals surface area contributed by atoms with E-state index in [4.69, 9.17) is 9.47 Å². The SMILES string of the molecule is CN=C1S[C@H](CC(=O)Nc2ccc(OC)c(OC)c2)C(=O)N1C. The van der Waals surface area contributed by atoms with Crippen LogP contribution in [0.15, 0.2) is 23.2 Å². The second-order valence-corrected chi connectivity index (χ2v) is 6.00. The number of hydrogen-bond acceptors (Lipinski definition) is 6. The highest BCUT2D eigenvalue weighted by molar-refractivity contribution is 8.15. The lowest BCUT2D eigenvalue weighted by atomic mass is 10.2. The number of benzene rings is 1. The molecule has 23 heavy (non-hydrogen) atoms. The van der Waals surface area contributed by atoms with Gasteiger partial charge in [0, 0.05) is 32.3 Å². The van der Waals surface area contributed by atoms with Gasteiger partial charge in [-0.05, 0) is 12.1 Å². The lowest BCUT2D eigenvalue weighted by Gasteiger charge is -2.11. The standard InChI is InChI=1S/C15H19N3O4S/c1-16-15-18(2)14(20)12(23-15)8-13(19)17-9-5-6-10(21-3)11(7-9)22-4/h5-7,12H,8H2,1-4H3,(H,17,19)/t12-/m1/s1. The van der Waals surface area contributed by atoms with Gasteiger partial charge in [0.25, 0.3) is 0 Å². The molecule has 8 heteroatoms. The Morgan fingerprint density at radius 2 is 2.04 bits per heavy atom. The minimum atomic E-state index is -0.446. The number of aliphatic imine (C=N–C) groups is 1. The Morgan fingerprint density at radius 3 is 2.61 bits per heavy atom. The molecule has 2 amide bonds. The van der Waals surface area contributed by atoms with Crippen molar-refractivity contribution >= 4 is 34.4 Å². The molecule has 1 N–H and O–H groups in total. The molecule has 1 saturated heterocycles. The molecule has 2 rings (SSSR count). The summed E-state index contributed by atoms with van der Waals surface area (Å²) in [4.78, 5) is 29.7. The Labute approximate surface area is 139 Å². The van der Waals surface area contributed by atoms with Gasteiger partial charge in [0.2, 0.25) is 11.8 Å². The molecule has 0 unspecified atom stereocenters. The van der Waals surface area contributed by atoms with Crippen molar-refractivity contribution < 1.29 is 19.1 Å². The molecule has 1 aromatic rings. The number of carbonyl (C=O) groups excluding carboxylic acids is 2. The number of methoxy groups -OCH3 is 2. The van der Waals surface area contributed by atoms with Crippen LogP contribution in [0, 0.1) is 0 Å². The average Bonchev–Trinajstić information content (AvgIpc) is 2.82. The maximum Gasteiger partial charge on any atom is 0.242 e. The number of amides is 2. The summed E-state index contributed by atoms with van der Waals surface area (Å²) < 4.78 is 10.3. The number of nitrogens with one attached hydrogen (secondary N) is 1. The fourth-order valence-corrected chi connectivity index (χ4v) is 3.29. The molecule has 1 heterocycles. The maximum absolute atomic E-state index is 12.2. The minimum absolute atomic E-state index is 0.0845. The molecular weight excluding hydrogens is 318 g/mol. The highest BCUT2D eigenvalue weighted by Crippen LogP contribution is 2.31. The van der Waals surface area contributed by atoms with Crippen LogP contribution in [0.2, 0.25) is 0 Å². The summed E-state index contributed by atoms with van der Waals surface area (Å²) in [6.45, 7) is 0. The first kappa shape index (κ1) is 17.1. The average molecular weight is 337 g/mol. The molecule has 0 radical (unpaired) electrons. The molecule has 7 nitrogen and oxygen atoms in total. The Bertz CT molecular complexity index is 648. The number of anilines is 1. The van der Waals surface area contributed by atoms with Gasteiger partial charge >= 0.3 is 0 Å². The van der Waals surface area contributed by atoms with E-state index in [1.165, 1.54) is 23.8 Å². The van der Waals surface area contributed by atoms with Crippen molar-refractivity contribution in [1.82, 2.24) is 4.90 Å². The normalized spacial score (nSPS) is 19.1. The van der Waals surface area contributed by atoms with Gasteiger partial charge in [0.1, 0.15) is 5.25 Å². The van der Waals surface area contributed by atoms with Crippen LogP contribution in [0.1, 0.15) is 6.42 Å². The van der Waals surface area contributed by atoms with Crippen molar-refractivity contribution in [2.75, 3.05) is 33.6 Å². The van der Waals surface area contributed by atoms with E-state index in [-0.39, 0.29) is 18.2 Å². The quantitative estimate of drug-likeness (QED) is 0.882. The highest BCUT2D eigenvalue weighted by Gasteiger charge is 2.36. The van der Waals surface area contributed by atoms with E-state index in [0.29, 0.717) is 22.4 Å². The van der Waals surface area contributed by atoms with E-state index < -0.39 is 5.25 Å². The third-order valence-electron chi connectivity index (χ3n) is 3.37. The van der Waals surface area contributed by atoms with Gasteiger partial charge in [-0.15, -0.1) is 0 Å². The first-order valence-electron chi connectivity index (χ1n) is 6.93. The highest BCUT2D eigenvalue weighted by atomic mass is 32.2. The minimum Gasteiger partial charge on any atom is -0.493 e. The van der Waals surface area contributed by atoms with Gasteiger partial charge < -0.3 is 14.8 Å². The lowest BCUT2D eigenvalue weighted by molar-refractivity contribution is -0.127. The topological polar surface area (TPSA) is 80.2 Å². The van der Waals surface area contributed by atoms with Crippen molar-refractivity contribution in [3.05, 3.63) is 18.2 Å². The Hall–Kier alpha value is -2.22. The molecule has 0 aromatic heterocycles. The molecule has 1 atom stereocenters. The number of ether oxygens (including phenoxy) is 2. The van der Waals surface area contributed by atoms with Gasteiger partial charge in [0.05, 0.1) is 14.2 Å². The van der Waals surface area contributed by atoms with Gasteiger partial charge in [-0.3, -0.25) is 19.5 Å². The molecule has 0 saturated carbocycles. The Morgan fingerprint density at radius 1 is 1.35 bits per heavy atom. The molecule has 124 valence electrons. The summed E-state index contributed by atoms with van der Waals surface area (Å²) in [7, 11) is 6.35. The van der Waals surface area contributed by atoms with Crippen LogP contribution in [0.4, 0.5) is 5.69 Å². The van der Waals surface area contributed by atoms with Gasteiger partial charge in [0.15, 0.2) is 16.7 Å². The molecule has 1 aromatic carbocycles. The van der Waals surface area contributed by atoms with E-state index in [2.05, 4.69) is 10.3 Å². The smallest absolute Gasteiger partial charge is 0.242 e. The summed E-state index contributed by atoms with van der Waals surface area (Å²) in [5, 5.41) is 2.94. The summed E-state index contributed by atoms with van der Waals surface area (Å²) in [6, 6.07) is 5.10. The van der Waals surface area contributed by atoms with E-state index in [0.717, 1.165) is 0 Å². The second-order valence-electron chi connectivity index (χ2n) is 4.83. The van der Waals surface area contributed by atoms with Gasteiger partial charge in [-0.1, -0.05) is 11.8 Å². The Balaban J connectivity index is 2.02. The number of amidine groups is 1. The van der Waals surface area contributed by atoms with Crippen LogP contribution in [-0.2, 0) is 9.59 Å². The van der Waals surface area contributed by atoms with Crippen molar-refractivity contribution in [1.29, 1.82) is 0 Å². The van der Waals surface area contributed by atoms with Crippen molar-refractivity contribution in [3.63, 3.8) is 0 Å². The number of carbonyl (C=O) groups is 2. The fourth-order valence-electron chi connectivity index (χ4n) is 2.19. The predicted molar refractivity (Wildman–Crippen MR) is 90.3 cm³/mol. The first-order chi connectivity index (χ1) is 11.0. The van der Waals surface area contributed by atoms with Crippen molar-refractivity contribution in [2.45, 2.75) is 11.7 Å². The Kier molecular flexibility index (Phi) is 5.49. The van der Waals surface area contributed by atoms with Crippen LogP contribution < -0.4 is 14.8 Å². The zero-order valence-electron chi connectivity index (χ0n) is 13.5. The van der Waals surface area contributed by atoms with Gasteiger partial charge in [-0.2, -0.15) is 0 Å². The molecule has 1 fully saturated rings. The van der Waals surface area contributed by atoms with Crippen LogP contribution in [0.25, 0.3) is 0 Å². The number of hydrogen-bond donors (Lipinski definition) is 1. The fraction of sp³-hybridized carbons (Fsp3) is 0.400. The summed E-state index contributed by atoms with van der Waals surface area (Å²) >= 11 is 1.30. The zero-order chi connectivity index (χ0) is 17.0. The van der Waals surface area contributed by atoms with Crippen LogP contribution in [0.3, 0.4) is 0 Å². The molecule has 1 aliphatic heterocycles. The van der Waals surface area contributed by atoms with E-state index in [9.17, 15) is 9.59 Å². The maximum atomic E-state index is 12.2. The van der Waals surface area contributed by atoms with Crippen molar-refractivity contribution in [2.24, 2.45) is 4.99 Å². The third kappa shape index (κ3) is 3.76. The van der Waals surface area contributed by atoms with Crippen LogP contribution in [-0.4, -0.2) is 55.4 Å². The third-order valence-corrected chi connectivity index (χ3v) is 4.69. The molecule has 0 bridgehead atoms. The van der Waals surface area contributed by atoms with E-state index in [1.807, 2.05) is 0 Å². The molecular formula is C15H19N3O4S. The van der Waals surface area contributed by atoms with Crippen molar-refractivity contribution in [3.8, 4) is 11.5 Å². The first-order valence-corrected chi connectivity index (χ1v) is 7.81. The largest absolute Gasteiger partial charge is 0.493 e. The summed E-state index contributed by atoms with van der Waals surface area (Å²) in [5.74, 6) is 0.751. The molecule has 0 spiro atoms. The van der Waals surface area contributed by atoms with Gasteiger partial charge in [-0.25, -0.2) is 0 Å². The number of rotatable bonds is 5. The summed E-state index contributed by atoms with van der Waals surface area (Å²) in [6.07, 6.45) is 0.0845. The monoisotopic (exact) mass is 337 g/mol. The zero-order valence-corrected chi connectivity index (χ0v) is 14.3. The van der Waals surface area contributed by atoms with Crippen LogP contribution in [0.5, 0.6) is 11.5 Å². The number of nitrogens with zero attached hydrogens (tertiary/aromatic N) is 2. The predicted octanol–water partition coefficient (Wildman–Crippen LogP) is 1.59. The van der Waals surface area contributed by atoms with Crippen LogP contribution >= 0.6 is 11.8 Å². The lowest BCUT2D eigenvalue weighted by Crippen LogP contribution is -2.30. The summed E-state index contributed by atoms with van der Waals surface area (Å²) in [5.41, 5.74) is 0.584. The molecule has 1 aliphatic rings.